The van der Waals surface area contributed by atoms with E-state index in [4.69, 9.17) is 21.7 Å². The van der Waals surface area contributed by atoms with Crippen molar-refractivity contribution in [1.29, 1.82) is 0 Å². The van der Waals surface area contributed by atoms with E-state index >= 15 is 0 Å². The van der Waals surface area contributed by atoms with Gasteiger partial charge in [-0.1, -0.05) is 0 Å². The van der Waals surface area contributed by atoms with Crippen LogP contribution in [0.5, 0.6) is 11.5 Å². The number of piperazine rings is 1. The summed E-state index contributed by atoms with van der Waals surface area (Å²) in [5, 5.41) is 4.13. The topological polar surface area (TPSA) is 38.2 Å². The van der Waals surface area contributed by atoms with Gasteiger partial charge in [-0.3, -0.25) is 0 Å². The summed E-state index contributed by atoms with van der Waals surface area (Å²) in [5.74, 6) is 1.79. The Kier molecular flexibility index (Phi) is 6.90. The van der Waals surface area contributed by atoms with Crippen LogP contribution in [-0.2, 0) is 6.54 Å². The molecule has 27 heavy (non-hydrogen) atoms. The van der Waals surface area contributed by atoms with E-state index in [1.165, 1.54) is 5.56 Å². The number of hydrogen-bond donors (Lipinski definition) is 2. The highest BCUT2D eigenvalue weighted by atomic mass is 32.1. The molecule has 0 amide bonds. The van der Waals surface area contributed by atoms with E-state index in [2.05, 4.69) is 22.3 Å². The Morgan fingerprint density at radius 3 is 2.26 bits per heavy atom. The van der Waals surface area contributed by atoms with Crippen LogP contribution >= 0.6 is 12.2 Å². The van der Waals surface area contributed by atoms with Gasteiger partial charge < -0.3 is 24.6 Å². The third kappa shape index (κ3) is 5.58. The predicted molar refractivity (Wildman–Crippen MR) is 113 cm³/mol. The maximum absolute atomic E-state index is 5.60. The minimum absolute atomic E-state index is 0.675. The molecule has 2 aromatic carbocycles. The average molecular weight is 387 g/mol. The zero-order valence-electron chi connectivity index (χ0n) is 16.0. The molecule has 1 heterocycles. The van der Waals surface area contributed by atoms with Crippen LogP contribution in [0.25, 0.3) is 0 Å². The van der Waals surface area contributed by atoms with Crippen molar-refractivity contribution in [2.24, 2.45) is 0 Å². The van der Waals surface area contributed by atoms with E-state index in [0.29, 0.717) is 6.61 Å². The van der Waals surface area contributed by atoms with Crippen LogP contribution in [0.3, 0.4) is 0 Å². The third-order valence-electron chi connectivity index (χ3n) is 4.79. The maximum atomic E-state index is 5.60. The number of anilines is 1. The van der Waals surface area contributed by atoms with Gasteiger partial charge >= 0.3 is 0 Å². The summed E-state index contributed by atoms with van der Waals surface area (Å²) >= 11 is 5.60. The summed E-state index contributed by atoms with van der Waals surface area (Å²) < 4.78 is 10.7. The lowest BCUT2D eigenvalue weighted by molar-refractivity contribution is -0.917. The molecule has 2 N–H and O–H groups in total. The molecular formula is C21H28N3O2S+. The maximum Gasteiger partial charge on any atom is 0.173 e. The highest BCUT2D eigenvalue weighted by Gasteiger charge is 2.21. The molecule has 1 saturated heterocycles. The summed E-state index contributed by atoms with van der Waals surface area (Å²) in [4.78, 5) is 3.84. The highest BCUT2D eigenvalue weighted by Crippen LogP contribution is 2.16. The average Bonchev–Trinajstić information content (AvgIpc) is 2.71. The Morgan fingerprint density at radius 2 is 1.67 bits per heavy atom. The highest BCUT2D eigenvalue weighted by molar-refractivity contribution is 7.80. The second-order valence-corrected chi connectivity index (χ2v) is 7.04. The molecule has 1 fully saturated rings. The number of ether oxygens (including phenoxy) is 2. The van der Waals surface area contributed by atoms with Crippen molar-refractivity contribution in [1.82, 2.24) is 4.90 Å². The quantitative estimate of drug-likeness (QED) is 0.745. The van der Waals surface area contributed by atoms with Crippen LogP contribution in [0.2, 0.25) is 0 Å². The van der Waals surface area contributed by atoms with Crippen LogP contribution in [0.15, 0.2) is 48.5 Å². The summed E-state index contributed by atoms with van der Waals surface area (Å²) in [6.45, 7) is 7.79. The van der Waals surface area contributed by atoms with Gasteiger partial charge in [0, 0.05) is 11.3 Å². The number of rotatable bonds is 6. The molecule has 5 nitrogen and oxygen atoms in total. The Hall–Kier alpha value is -2.31. The van der Waals surface area contributed by atoms with Gasteiger partial charge in [0.1, 0.15) is 18.0 Å². The van der Waals surface area contributed by atoms with E-state index in [1.807, 2.05) is 43.3 Å². The Bertz CT molecular complexity index is 726. The Labute approximate surface area is 166 Å². The second-order valence-electron chi connectivity index (χ2n) is 6.65. The Morgan fingerprint density at radius 1 is 1.04 bits per heavy atom. The smallest absolute Gasteiger partial charge is 0.173 e. The van der Waals surface area contributed by atoms with E-state index in [1.54, 1.807) is 12.0 Å². The van der Waals surface area contributed by atoms with Gasteiger partial charge in [0.05, 0.1) is 39.9 Å². The van der Waals surface area contributed by atoms with Gasteiger partial charge in [-0.25, -0.2) is 0 Å². The summed E-state index contributed by atoms with van der Waals surface area (Å²) in [7, 11) is 1.70. The molecule has 1 aliphatic rings. The van der Waals surface area contributed by atoms with Gasteiger partial charge in [-0.15, -0.1) is 0 Å². The molecule has 144 valence electrons. The molecule has 0 unspecified atom stereocenters. The molecule has 0 saturated carbocycles. The number of quaternary nitrogens is 1. The monoisotopic (exact) mass is 386 g/mol. The predicted octanol–water partition coefficient (Wildman–Crippen LogP) is 2.19. The minimum atomic E-state index is 0.675. The van der Waals surface area contributed by atoms with Gasteiger partial charge in [0.2, 0.25) is 0 Å². The van der Waals surface area contributed by atoms with Crippen LogP contribution in [0, 0.1) is 0 Å². The lowest BCUT2D eigenvalue weighted by atomic mass is 10.2. The van der Waals surface area contributed by atoms with Crippen molar-refractivity contribution in [3.8, 4) is 11.5 Å². The van der Waals surface area contributed by atoms with E-state index in [9.17, 15) is 0 Å². The van der Waals surface area contributed by atoms with Gasteiger partial charge in [0.15, 0.2) is 5.11 Å². The van der Waals surface area contributed by atoms with Crippen molar-refractivity contribution in [3.05, 3.63) is 54.1 Å². The molecule has 0 atom stereocenters. The molecule has 0 bridgehead atoms. The molecule has 0 aliphatic carbocycles. The zero-order chi connectivity index (χ0) is 19.1. The largest absolute Gasteiger partial charge is 0.497 e. The number of nitrogens with one attached hydrogen (secondary N) is 2. The van der Waals surface area contributed by atoms with Crippen molar-refractivity contribution in [2.45, 2.75) is 13.5 Å². The molecule has 1 aliphatic heterocycles. The van der Waals surface area contributed by atoms with E-state index < -0.39 is 0 Å². The van der Waals surface area contributed by atoms with Crippen LogP contribution in [-0.4, -0.2) is 49.9 Å². The van der Waals surface area contributed by atoms with Crippen molar-refractivity contribution >= 4 is 23.0 Å². The van der Waals surface area contributed by atoms with E-state index in [0.717, 1.165) is 55.0 Å². The fourth-order valence-electron chi connectivity index (χ4n) is 3.24. The minimum Gasteiger partial charge on any atom is -0.497 e. The molecule has 0 aromatic heterocycles. The number of hydrogen-bond acceptors (Lipinski definition) is 3. The summed E-state index contributed by atoms with van der Waals surface area (Å²) in [6.07, 6.45) is 0. The SMILES string of the molecule is CCOc1ccc(NC(=S)N2CC[NH+](Cc3ccc(OC)cc3)CC2)cc1. The number of benzene rings is 2. The molecular weight excluding hydrogens is 358 g/mol. The molecule has 6 heteroatoms. The number of nitrogens with zero attached hydrogens (tertiary/aromatic N) is 1. The van der Waals surface area contributed by atoms with Crippen LogP contribution in [0.1, 0.15) is 12.5 Å². The van der Waals surface area contributed by atoms with Gasteiger partial charge in [-0.05, 0) is 67.7 Å². The fraction of sp³-hybridized carbons (Fsp3) is 0.381. The summed E-state index contributed by atoms with van der Waals surface area (Å²) in [5.41, 5.74) is 2.34. The lowest BCUT2D eigenvalue weighted by Crippen LogP contribution is -3.13. The second kappa shape index (κ2) is 9.58. The molecule has 0 spiro atoms. The first-order valence-corrected chi connectivity index (χ1v) is 9.84. The molecule has 3 rings (SSSR count). The van der Waals surface area contributed by atoms with Crippen molar-refractivity contribution in [3.63, 3.8) is 0 Å². The Balaban J connectivity index is 1.45. The van der Waals surface area contributed by atoms with Crippen molar-refractivity contribution in [2.75, 3.05) is 45.2 Å². The number of thiocarbonyl (C=S) groups is 1. The molecule has 0 radical (unpaired) electrons. The normalized spacial score (nSPS) is 14.7. The third-order valence-corrected chi connectivity index (χ3v) is 5.15. The first-order chi connectivity index (χ1) is 13.2. The van der Waals surface area contributed by atoms with Gasteiger partial charge in [-0.2, -0.15) is 0 Å². The zero-order valence-corrected chi connectivity index (χ0v) is 16.8. The van der Waals surface area contributed by atoms with Crippen molar-refractivity contribution < 1.29 is 14.4 Å². The van der Waals surface area contributed by atoms with Crippen LogP contribution < -0.4 is 19.7 Å². The van der Waals surface area contributed by atoms with E-state index in [-0.39, 0.29) is 0 Å². The van der Waals surface area contributed by atoms with Crippen LogP contribution in [0.4, 0.5) is 5.69 Å². The summed E-state index contributed by atoms with van der Waals surface area (Å²) in [6, 6.07) is 16.3. The fourth-order valence-corrected chi connectivity index (χ4v) is 3.54. The number of methoxy groups -OCH3 is 1. The molecule has 2 aromatic rings. The van der Waals surface area contributed by atoms with Gasteiger partial charge in [0.25, 0.3) is 0 Å². The standard InChI is InChI=1S/C21H27N3O2S/c1-3-26-20-10-6-18(7-11-20)22-21(27)24-14-12-23(13-15-24)16-17-4-8-19(25-2)9-5-17/h4-11H,3,12-16H2,1-2H3,(H,22,27)/p+1. The first kappa shape index (κ1) is 19.5. The first-order valence-electron chi connectivity index (χ1n) is 9.43. The lowest BCUT2D eigenvalue weighted by Gasteiger charge is -2.34.